The number of aromatic nitrogens is 3. The van der Waals surface area contributed by atoms with Gasteiger partial charge in [-0.1, -0.05) is 163 Å². The summed E-state index contributed by atoms with van der Waals surface area (Å²) in [5.41, 5.74) is 13.2. The fourth-order valence-corrected chi connectivity index (χ4v) is 12.7. The van der Waals surface area contributed by atoms with Crippen molar-refractivity contribution < 1.29 is 20.1 Å². The number of hydrogen-bond acceptors (Lipinski definition) is 3. The molecule has 0 saturated heterocycles. The molecule has 3 aromatic heterocycles. The molecule has 0 N–H and O–H groups in total. The Morgan fingerprint density at radius 3 is 2.01 bits per heavy atom. The maximum Gasteiger partial charge on any atom is 0.0798 e. The second kappa shape index (κ2) is 19.8. The average molecular weight is 1110 g/mol. The van der Waals surface area contributed by atoms with Gasteiger partial charge in [-0.05, 0) is 125 Å². The first-order chi connectivity index (χ1) is 32.8. The molecule has 0 amide bonds. The van der Waals surface area contributed by atoms with Crippen LogP contribution in [-0.4, -0.2) is 22.6 Å². The van der Waals surface area contributed by atoms with Gasteiger partial charge in [0.15, 0.2) is 0 Å². The Morgan fingerprint density at radius 1 is 0.609 bits per heavy atom. The molecule has 0 fully saturated rings. The van der Waals surface area contributed by atoms with E-state index in [1.54, 1.807) is 0 Å². The van der Waals surface area contributed by atoms with Crippen LogP contribution < -0.4 is 5.19 Å². The van der Waals surface area contributed by atoms with Crippen LogP contribution in [0.15, 0.2) is 164 Å². The van der Waals surface area contributed by atoms with Crippen LogP contribution in [0.25, 0.3) is 92.2 Å². The van der Waals surface area contributed by atoms with Crippen molar-refractivity contribution in [2.24, 2.45) is 5.92 Å². The molecule has 8 aromatic carbocycles. The van der Waals surface area contributed by atoms with E-state index in [1.165, 1.54) is 80.4 Å². The van der Waals surface area contributed by atoms with Gasteiger partial charge in [-0.25, -0.2) is 0 Å². The minimum Gasteiger partial charge on any atom is -0.333 e. The van der Waals surface area contributed by atoms with Crippen LogP contribution in [0.2, 0.25) is 19.6 Å². The molecule has 0 bridgehead atoms. The van der Waals surface area contributed by atoms with Crippen molar-refractivity contribution in [3.05, 3.63) is 193 Å². The van der Waals surface area contributed by atoms with Crippen molar-refractivity contribution in [1.82, 2.24) is 14.5 Å². The van der Waals surface area contributed by atoms with Crippen LogP contribution >= 0.6 is 11.3 Å². The van der Waals surface area contributed by atoms with Gasteiger partial charge in [-0.3, -0.25) is 4.98 Å². The largest absolute Gasteiger partial charge is 0.333 e. The van der Waals surface area contributed by atoms with Crippen LogP contribution in [0.4, 0.5) is 0 Å². The second-order valence-electron chi connectivity index (χ2n) is 20.3. The average Bonchev–Trinajstić information content (AvgIpc) is 3.91. The number of para-hydroxylation sites is 2. The second-order valence-corrected chi connectivity index (χ2v) is 26.4. The predicted molar refractivity (Wildman–Crippen MR) is 297 cm³/mol. The SMILES string of the molecule is CC(C)Cc1cc(-c2[c-]cccc2)ncc1[Si](C)(C)C.CC(C)c1cc(-c2ccccc2)cc(C(C)C)c1-n1c(-c2[c-]ccc3c2sc2cc4c(ccc5ccccc54)cc23)nc2ccccc21.[Ir]. The van der Waals surface area contributed by atoms with Gasteiger partial charge in [0.05, 0.1) is 24.9 Å². The summed E-state index contributed by atoms with van der Waals surface area (Å²) in [5.74, 6) is 2.22. The zero-order valence-electron chi connectivity index (χ0n) is 41.1. The van der Waals surface area contributed by atoms with Gasteiger partial charge in [0.1, 0.15) is 0 Å². The van der Waals surface area contributed by atoms with Crippen molar-refractivity contribution in [3.63, 3.8) is 0 Å². The summed E-state index contributed by atoms with van der Waals surface area (Å²) in [4.78, 5) is 10.1. The number of imidazole rings is 1. The van der Waals surface area contributed by atoms with Crippen LogP contribution in [0.5, 0.6) is 0 Å². The molecule has 1 radical (unpaired) electrons. The smallest absolute Gasteiger partial charge is 0.0798 e. The van der Waals surface area contributed by atoms with Crippen LogP contribution in [-0.2, 0) is 26.5 Å². The molecular weight excluding hydrogens is 1050 g/mol. The molecule has 3 nitrogen and oxygen atoms in total. The molecule has 0 aliphatic carbocycles. The maximum atomic E-state index is 5.40. The van der Waals surface area contributed by atoms with Gasteiger partial charge < -0.3 is 9.55 Å². The number of rotatable bonds is 9. The minimum atomic E-state index is -1.34. The van der Waals surface area contributed by atoms with Crippen molar-refractivity contribution in [3.8, 4) is 39.5 Å². The van der Waals surface area contributed by atoms with E-state index in [1.807, 2.05) is 29.5 Å². The van der Waals surface area contributed by atoms with E-state index >= 15 is 0 Å². The summed E-state index contributed by atoms with van der Waals surface area (Å²) in [6.45, 7) is 21.0. The van der Waals surface area contributed by atoms with E-state index < -0.39 is 8.07 Å². The Kier molecular flexibility index (Phi) is 13.8. The van der Waals surface area contributed by atoms with Crippen molar-refractivity contribution >= 4 is 77.3 Å². The van der Waals surface area contributed by atoms with E-state index in [4.69, 9.17) is 4.98 Å². The third-order valence-corrected chi connectivity index (χ3v) is 16.5. The Morgan fingerprint density at radius 2 is 1.30 bits per heavy atom. The predicted octanol–water partition coefficient (Wildman–Crippen LogP) is 17.4. The molecule has 0 aliphatic rings. The minimum absolute atomic E-state index is 0. The Labute approximate surface area is 426 Å². The summed E-state index contributed by atoms with van der Waals surface area (Å²) in [6.07, 6.45) is 3.24. The standard InChI is InChI=1S/C45H35N2S.C18H24NSi.Ir/c1-27(2)36-24-32(29-13-6-5-7-14-29)25-37(28(3)4)43(36)47-41-20-11-10-19-40(41)46-45(47)35-18-12-17-34-39-23-31-22-21-30-15-8-9-16-33(30)38(31)26-42(39)48-44(34)35;1-14(2)11-16-12-17(15-9-7-6-8-10-15)19-13-18(16)20(3,4)5;/h5-17,19-28H,1-4H3;6-9,12-14H,11H2,1-5H3;/q2*-1;. The van der Waals surface area contributed by atoms with Crippen LogP contribution in [0.1, 0.15) is 70.1 Å². The maximum absolute atomic E-state index is 5.40. The Balaban J connectivity index is 0.000000238. The number of thiophene rings is 1. The molecule has 11 aromatic rings. The zero-order chi connectivity index (χ0) is 47.3. The van der Waals surface area contributed by atoms with E-state index in [0.29, 0.717) is 17.8 Å². The molecule has 0 saturated carbocycles. The van der Waals surface area contributed by atoms with Gasteiger partial charge in [0.2, 0.25) is 0 Å². The summed E-state index contributed by atoms with van der Waals surface area (Å²) in [5, 5.41) is 9.16. The van der Waals surface area contributed by atoms with Crippen LogP contribution in [0, 0.1) is 18.1 Å². The van der Waals surface area contributed by atoms with Gasteiger partial charge in [-0.2, -0.15) is 11.3 Å². The molecule has 6 heteroatoms. The molecule has 0 atom stereocenters. The van der Waals surface area contributed by atoms with Crippen molar-refractivity contribution in [1.29, 1.82) is 0 Å². The van der Waals surface area contributed by atoms with E-state index in [9.17, 15) is 0 Å². The summed E-state index contributed by atoms with van der Waals surface area (Å²) >= 11 is 1.86. The monoisotopic (exact) mass is 1110 g/mol. The summed E-state index contributed by atoms with van der Waals surface area (Å²) < 4.78 is 4.95. The third kappa shape index (κ3) is 9.41. The Hall–Kier alpha value is -6.01. The number of pyridine rings is 1. The molecule has 0 aliphatic heterocycles. The fraction of sp³-hybridized carbons (Fsp3) is 0.206. The molecule has 11 rings (SSSR count). The molecule has 69 heavy (non-hydrogen) atoms. The Bertz CT molecular complexity index is 3590. The van der Waals surface area contributed by atoms with E-state index in [0.717, 1.165) is 40.1 Å². The van der Waals surface area contributed by atoms with Gasteiger partial charge in [0.25, 0.3) is 0 Å². The van der Waals surface area contributed by atoms with Crippen molar-refractivity contribution in [2.75, 3.05) is 0 Å². The number of hydrogen-bond donors (Lipinski definition) is 0. The molecule has 0 spiro atoms. The van der Waals surface area contributed by atoms with Crippen molar-refractivity contribution in [2.45, 2.75) is 79.4 Å². The van der Waals surface area contributed by atoms with Crippen LogP contribution in [0.3, 0.4) is 0 Å². The fourth-order valence-electron chi connectivity index (χ4n) is 9.93. The van der Waals surface area contributed by atoms with E-state index in [-0.39, 0.29) is 20.1 Å². The topological polar surface area (TPSA) is 30.7 Å². The first kappa shape index (κ1) is 48.0. The summed E-state index contributed by atoms with van der Waals surface area (Å²) in [6, 6.07) is 63.7. The quantitative estimate of drug-likeness (QED) is 0.0819. The molecule has 3 heterocycles. The number of nitrogens with zero attached hydrogens (tertiary/aromatic N) is 3. The third-order valence-electron chi connectivity index (χ3n) is 13.2. The first-order valence-electron chi connectivity index (χ1n) is 24.2. The molecular formula is C63H59IrN3SSi-2. The van der Waals surface area contributed by atoms with E-state index in [2.05, 4.69) is 229 Å². The number of fused-ring (bicyclic) bond motifs is 7. The number of benzene rings is 8. The molecule has 0 unspecified atom stereocenters. The van der Waals surface area contributed by atoms with Gasteiger partial charge in [0, 0.05) is 36.7 Å². The van der Waals surface area contributed by atoms with Gasteiger partial charge >= 0.3 is 0 Å². The first-order valence-corrected chi connectivity index (χ1v) is 28.5. The normalized spacial score (nSPS) is 11.9. The molecule has 347 valence electrons. The zero-order valence-corrected chi connectivity index (χ0v) is 45.3. The summed E-state index contributed by atoms with van der Waals surface area (Å²) in [7, 11) is -1.34. The van der Waals surface area contributed by atoms with Gasteiger partial charge in [-0.15, -0.1) is 54.1 Å².